The number of carbonyl (C=O) groups excluding carboxylic acids is 1. The molecule has 1 aromatic carbocycles. The van der Waals surface area contributed by atoms with Crippen LogP contribution < -0.4 is 0 Å². The number of rotatable bonds is 2. The fourth-order valence-electron chi connectivity index (χ4n) is 2.75. The summed E-state index contributed by atoms with van der Waals surface area (Å²) in [6.07, 6.45) is 0.549. The number of hydrogen-bond acceptors (Lipinski definition) is 2. The van der Waals surface area contributed by atoms with Gasteiger partial charge in [0.2, 0.25) is 5.91 Å². The zero-order valence-electron chi connectivity index (χ0n) is 11.3. The molecule has 0 aromatic heterocycles. The van der Waals surface area contributed by atoms with Gasteiger partial charge in [-0.15, -0.1) is 23.2 Å². The molecule has 3 rings (SSSR count). The first-order chi connectivity index (χ1) is 9.46. The number of halogens is 2. The third-order valence-corrected chi connectivity index (χ3v) is 6.43. The Morgan fingerprint density at radius 1 is 1.35 bits per heavy atom. The molecule has 2 aliphatic rings. The van der Waals surface area contributed by atoms with E-state index in [4.69, 9.17) is 23.2 Å². The molecule has 2 nitrogen and oxygen atoms in total. The second-order valence-corrected chi connectivity index (χ2v) is 8.35. The summed E-state index contributed by atoms with van der Waals surface area (Å²) in [5.41, 5.74) is 0.567. The maximum absolute atomic E-state index is 12.8. The van der Waals surface area contributed by atoms with Crippen molar-refractivity contribution in [2.24, 2.45) is 5.41 Å². The monoisotopic (exact) mass is 329 g/mol. The van der Waals surface area contributed by atoms with Gasteiger partial charge in [0.25, 0.3) is 0 Å². The minimum absolute atomic E-state index is 0.0941. The zero-order valence-corrected chi connectivity index (χ0v) is 13.6. The molecule has 1 amide bonds. The molecule has 1 saturated carbocycles. The van der Waals surface area contributed by atoms with Crippen LogP contribution in [0, 0.1) is 5.41 Å². The van der Waals surface area contributed by atoms with Crippen LogP contribution in [0.15, 0.2) is 30.3 Å². The van der Waals surface area contributed by atoms with Gasteiger partial charge in [-0.05, 0) is 18.9 Å². The second kappa shape index (κ2) is 5.11. The van der Waals surface area contributed by atoms with E-state index in [1.165, 1.54) is 5.56 Å². The van der Waals surface area contributed by atoms with Gasteiger partial charge in [-0.25, -0.2) is 0 Å². The van der Waals surface area contributed by atoms with Crippen LogP contribution in [0.5, 0.6) is 0 Å². The molecule has 0 N–H and O–H groups in total. The Morgan fingerprint density at radius 3 is 2.60 bits per heavy atom. The fourth-order valence-corrected chi connectivity index (χ4v) is 4.53. The van der Waals surface area contributed by atoms with Crippen molar-refractivity contribution in [3.8, 4) is 0 Å². The largest absolute Gasteiger partial charge is 0.333 e. The summed E-state index contributed by atoms with van der Waals surface area (Å²) in [7, 11) is 0. The predicted octanol–water partition coefficient (Wildman–Crippen LogP) is 3.89. The summed E-state index contributed by atoms with van der Waals surface area (Å²) in [5.74, 6) is 2.00. The average Bonchev–Trinajstić information content (AvgIpc) is 2.99. The van der Waals surface area contributed by atoms with Crippen molar-refractivity contribution in [2.45, 2.75) is 23.7 Å². The summed E-state index contributed by atoms with van der Waals surface area (Å²) in [6.45, 7) is 2.64. The van der Waals surface area contributed by atoms with E-state index in [1.54, 1.807) is 0 Å². The van der Waals surface area contributed by atoms with Crippen LogP contribution in [-0.2, 0) is 4.79 Å². The van der Waals surface area contributed by atoms with Crippen molar-refractivity contribution in [1.82, 2.24) is 4.90 Å². The van der Waals surface area contributed by atoms with E-state index in [2.05, 4.69) is 12.1 Å². The Balaban J connectivity index is 1.85. The average molecular weight is 330 g/mol. The van der Waals surface area contributed by atoms with Crippen LogP contribution in [0.3, 0.4) is 0 Å². The first-order valence-electron chi connectivity index (χ1n) is 6.77. The maximum Gasteiger partial charge on any atom is 0.232 e. The number of thioether (sulfide) groups is 1. The van der Waals surface area contributed by atoms with Crippen LogP contribution in [0.1, 0.15) is 24.9 Å². The molecule has 2 unspecified atom stereocenters. The SMILES string of the molecule is CC1(C(=O)N2CCSCC2c2ccccc2)CC1(Cl)Cl. The van der Waals surface area contributed by atoms with Gasteiger partial charge in [-0.1, -0.05) is 30.3 Å². The molecule has 0 spiro atoms. The van der Waals surface area contributed by atoms with Crippen molar-refractivity contribution in [3.63, 3.8) is 0 Å². The Hall–Kier alpha value is -0.380. The Kier molecular flexibility index (Phi) is 3.72. The van der Waals surface area contributed by atoms with Gasteiger partial charge in [0, 0.05) is 18.1 Å². The van der Waals surface area contributed by atoms with Crippen molar-refractivity contribution < 1.29 is 4.79 Å². The molecule has 1 aliphatic carbocycles. The third kappa shape index (κ3) is 2.34. The molecule has 5 heteroatoms. The van der Waals surface area contributed by atoms with Gasteiger partial charge in [-0.3, -0.25) is 4.79 Å². The van der Waals surface area contributed by atoms with E-state index in [0.717, 1.165) is 18.1 Å². The summed E-state index contributed by atoms with van der Waals surface area (Å²) in [5, 5.41) is 0. The molecule has 1 aliphatic heterocycles. The standard InChI is InChI=1S/C15H17Cl2NOS/c1-14(10-15(14,16)17)13(19)18-7-8-20-9-12(18)11-5-3-2-4-6-11/h2-6,12H,7-10H2,1H3. The van der Waals surface area contributed by atoms with Gasteiger partial charge in [-0.2, -0.15) is 11.8 Å². The fraction of sp³-hybridized carbons (Fsp3) is 0.533. The quantitative estimate of drug-likeness (QED) is 0.767. The van der Waals surface area contributed by atoms with Gasteiger partial charge in [0.05, 0.1) is 11.5 Å². The van der Waals surface area contributed by atoms with E-state index in [9.17, 15) is 4.79 Å². The number of alkyl halides is 2. The molecule has 1 heterocycles. The number of carbonyl (C=O) groups is 1. The summed E-state index contributed by atoms with van der Waals surface area (Å²) >= 11 is 14.2. The van der Waals surface area contributed by atoms with Crippen LogP contribution in [0.25, 0.3) is 0 Å². The summed E-state index contributed by atoms with van der Waals surface area (Å²) in [4.78, 5) is 14.8. The molecule has 20 heavy (non-hydrogen) atoms. The number of benzene rings is 1. The zero-order chi connectivity index (χ0) is 14.4. The highest BCUT2D eigenvalue weighted by Gasteiger charge is 2.69. The Bertz CT molecular complexity index is 522. The van der Waals surface area contributed by atoms with Gasteiger partial charge in [0.15, 0.2) is 0 Å². The van der Waals surface area contributed by atoms with Gasteiger partial charge >= 0.3 is 0 Å². The maximum atomic E-state index is 12.8. The second-order valence-electron chi connectivity index (χ2n) is 5.71. The lowest BCUT2D eigenvalue weighted by Crippen LogP contribution is -2.45. The molecule has 0 bridgehead atoms. The van der Waals surface area contributed by atoms with E-state index in [0.29, 0.717) is 6.42 Å². The molecule has 1 saturated heterocycles. The highest BCUT2D eigenvalue weighted by atomic mass is 35.5. The predicted molar refractivity (Wildman–Crippen MR) is 85.4 cm³/mol. The molecule has 108 valence electrons. The molecule has 1 aromatic rings. The van der Waals surface area contributed by atoms with Crippen molar-refractivity contribution >= 4 is 40.9 Å². The lowest BCUT2D eigenvalue weighted by molar-refractivity contribution is -0.138. The normalized spacial score (nSPS) is 31.9. The highest BCUT2D eigenvalue weighted by molar-refractivity contribution is 7.99. The minimum Gasteiger partial charge on any atom is -0.333 e. The Labute approximate surface area is 133 Å². The number of hydrogen-bond donors (Lipinski definition) is 0. The van der Waals surface area contributed by atoms with Crippen LogP contribution >= 0.6 is 35.0 Å². The van der Waals surface area contributed by atoms with Crippen molar-refractivity contribution in [2.75, 3.05) is 18.1 Å². The van der Waals surface area contributed by atoms with Crippen molar-refractivity contribution in [3.05, 3.63) is 35.9 Å². The topological polar surface area (TPSA) is 20.3 Å². The van der Waals surface area contributed by atoms with E-state index >= 15 is 0 Å². The molecular formula is C15H17Cl2NOS. The first-order valence-corrected chi connectivity index (χ1v) is 8.68. The first kappa shape index (κ1) is 14.6. The number of amides is 1. The molecular weight excluding hydrogens is 313 g/mol. The lowest BCUT2D eigenvalue weighted by Gasteiger charge is -2.37. The van der Waals surface area contributed by atoms with Crippen LogP contribution in [-0.4, -0.2) is 33.2 Å². The summed E-state index contributed by atoms with van der Waals surface area (Å²) < 4.78 is -0.893. The summed E-state index contributed by atoms with van der Waals surface area (Å²) in [6, 6.07) is 10.3. The third-order valence-electron chi connectivity index (χ3n) is 4.30. The van der Waals surface area contributed by atoms with E-state index in [-0.39, 0.29) is 11.9 Å². The Morgan fingerprint density at radius 2 is 2.00 bits per heavy atom. The molecule has 2 atom stereocenters. The lowest BCUT2D eigenvalue weighted by atomic mass is 10.0. The van der Waals surface area contributed by atoms with Gasteiger partial charge in [0.1, 0.15) is 4.33 Å². The van der Waals surface area contributed by atoms with Gasteiger partial charge < -0.3 is 4.90 Å². The van der Waals surface area contributed by atoms with E-state index in [1.807, 2.05) is 41.8 Å². The van der Waals surface area contributed by atoms with E-state index < -0.39 is 9.75 Å². The van der Waals surface area contributed by atoms with Crippen molar-refractivity contribution in [1.29, 1.82) is 0 Å². The van der Waals surface area contributed by atoms with Crippen LogP contribution in [0.2, 0.25) is 0 Å². The smallest absolute Gasteiger partial charge is 0.232 e. The number of nitrogens with zero attached hydrogens (tertiary/aromatic N) is 1. The molecule has 2 fully saturated rings. The minimum atomic E-state index is -0.893. The van der Waals surface area contributed by atoms with Crippen LogP contribution in [0.4, 0.5) is 0 Å². The molecule has 0 radical (unpaired) electrons. The highest BCUT2D eigenvalue weighted by Crippen LogP contribution is 2.65.